The van der Waals surface area contributed by atoms with Gasteiger partial charge in [-0.05, 0) is 134 Å². The lowest BCUT2D eigenvalue weighted by molar-refractivity contribution is -0.138. The van der Waals surface area contributed by atoms with Crippen LogP contribution in [0.25, 0.3) is 21.5 Å². The number of hydrogen-bond acceptors (Lipinski definition) is 8. The smallest absolute Gasteiger partial charge is 0.416 e. The number of halogens is 7. The number of benzene rings is 6. The number of nitrogens with one attached hydrogen (secondary N) is 3. The lowest BCUT2D eigenvalue weighted by atomic mass is 10.1. The SMILES string of the molecule is CN(C#N)CCCNC(=O)c1ccc2c(Oc3ccc(C(F)(F)F)cc3)cccc2c1.CNCCCNC(=O)c1ccc2c(Oc3ccc(C(F)(F)F)cc3)cccc2c1.N#CBr. The molecule has 3 N–H and O–H groups in total. The molecule has 0 heterocycles. The Morgan fingerprint density at radius 2 is 1.05 bits per heavy atom. The van der Waals surface area contributed by atoms with Crippen LogP contribution in [0.4, 0.5) is 26.3 Å². The van der Waals surface area contributed by atoms with Crippen molar-refractivity contribution in [1.29, 1.82) is 10.5 Å². The maximum Gasteiger partial charge on any atom is 0.416 e. The highest BCUT2D eigenvalue weighted by Crippen LogP contribution is 2.35. The number of amides is 2. The second kappa shape index (κ2) is 23.4. The summed E-state index contributed by atoms with van der Waals surface area (Å²) in [6.45, 7) is 2.40. The molecule has 0 radical (unpaired) electrons. The summed E-state index contributed by atoms with van der Waals surface area (Å²) in [5, 5.41) is 27.7. The molecule has 10 nitrogen and oxygen atoms in total. The molecule has 0 bridgehead atoms. The molecule has 63 heavy (non-hydrogen) atoms. The van der Waals surface area contributed by atoms with Gasteiger partial charge in [-0.3, -0.25) is 9.59 Å². The molecule has 6 rings (SSSR count). The Balaban J connectivity index is 0.000000261. The predicted octanol–water partition coefficient (Wildman–Crippen LogP) is 11.0. The minimum Gasteiger partial charge on any atom is -0.457 e. The van der Waals surface area contributed by atoms with Gasteiger partial charge in [0.1, 0.15) is 28.0 Å². The van der Waals surface area contributed by atoms with Gasteiger partial charge in [-0.15, -0.1) is 0 Å². The molecule has 0 aromatic heterocycles. The highest BCUT2D eigenvalue weighted by molar-refractivity contribution is 9.12. The van der Waals surface area contributed by atoms with E-state index in [4.69, 9.17) is 20.0 Å². The lowest BCUT2D eigenvalue weighted by Gasteiger charge is -2.12. The molecule has 0 fully saturated rings. The third kappa shape index (κ3) is 14.9. The summed E-state index contributed by atoms with van der Waals surface area (Å²) in [6, 6.07) is 30.1. The van der Waals surface area contributed by atoms with Crippen LogP contribution >= 0.6 is 15.9 Å². The average molecular weight is 936 g/mol. The second-order valence-corrected chi connectivity index (χ2v) is 13.9. The summed E-state index contributed by atoms with van der Waals surface area (Å²) in [5.74, 6) is 1.18. The van der Waals surface area contributed by atoms with Gasteiger partial charge in [-0.25, -0.2) is 0 Å². The molecule has 0 saturated heterocycles. The Morgan fingerprint density at radius 1 is 0.635 bits per heavy atom. The summed E-state index contributed by atoms with van der Waals surface area (Å²) in [4.78, 5) is 27.7. The van der Waals surface area contributed by atoms with Crippen molar-refractivity contribution in [2.75, 3.05) is 40.3 Å². The fraction of sp³-hybridized carbons (Fsp3) is 0.217. The zero-order valence-corrected chi connectivity index (χ0v) is 35.5. The van der Waals surface area contributed by atoms with E-state index in [0.29, 0.717) is 54.4 Å². The molecular weight excluding hydrogens is 894 g/mol. The van der Waals surface area contributed by atoms with Crippen LogP contribution in [0.15, 0.2) is 121 Å². The maximum absolute atomic E-state index is 12.7. The van der Waals surface area contributed by atoms with E-state index in [1.807, 2.05) is 25.4 Å². The molecule has 6 aromatic carbocycles. The number of ether oxygens (including phenoxy) is 2. The van der Waals surface area contributed by atoms with Crippen LogP contribution in [-0.4, -0.2) is 57.0 Å². The zero-order chi connectivity index (χ0) is 46.0. The van der Waals surface area contributed by atoms with Gasteiger partial charge in [-0.2, -0.15) is 36.9 Å². The number of nitrogens with zero attached hydrogens (tertiary/aromatic N) is 3. The molecule has 0 aliphatic heterocycles. The van der Waals surface area contributed by atoms with Crippen molar-refractivity contribution < 1.29 is 45.4 Å². The van der Waals surface area contributed by atoms with Gasteiger partial charge in [0.15, 0.2) is 6.19 Å². The van der Waals surface area contributed by atoms with Gasteiger partial charge in [0, 0.05) is 64.5 Å². The van der Waals surface area contributed by atoms with Crippen molar-refractivity contribution in [2.45, 2.75) is 25.2 Å². The maximum atomic E-state index is 12.7. The molecule has 6 aromatic rings. The van der Waals surface area contributed by atoms with Crippen LogP contribution in [0.2, 0.25) is 0 Å². The van der Waals surface area contributed by atoms with Crippen LogP contribution in [-0.2, 0) is 12.4 Å². The van der Waals surface area contributed by atoms with Crippen molar-refractivity contribution in [3.05, 3.63) is 144 Å². The van der Waals surface area contributed by atoms with Crippen molar-refractivity contribution >= 4 is 49.3 Å². The van der Waals surface area contributed by atoms with E-state index >= 15 is 0 Å². The summed E-state index contributed by atoms with van der Waals surface area (Å²) >= 11 is 2.45. The number of carbonyl (C=O) groups excluding carboxylic acids is 2. The molecule has 0 atom stereocenters. The molecule has 2 amide bonds. The van der Waals surface area contributed by atoms with Crippen LogP contribution in [0.5, 0.6) is 23.0 Å². The largest absolute Gasteiger partial charge is 0.457 e. The summed E-state index contributed by atoms with van der Waals surface area (Å²) in [6.07, 6.45) is -5.31. The first-order valence-electron chi connectivity index (χ1n) is 19.1. The molecular formula is C46H41BrF6N6O4. The molecule has 17 heteroatoms. The van der Waals surface area contributed by atoms with E-state index in [-0.39, 0.29) is 17.6 Å². The van der Waals surface area contributed by atoms with Crippen LogP contribution in [0.3, 0.4) is 0 Å². The first-order chi connectivity index (χ1) is 30.1. The Morgan fingerprint density at radius 3 is 1.43 bits per heavy atom. The van der Waals surface area contributed by atoms with E-state index in [9.17, 15) is 35.9 Å². The molecule has 0 aliphatic carbocycles. The van der Waals surface area contributed by atoms with Gasteiger partial charge in [0.05, 0.1) is 11.1 Å². The minimum atomic E-state index is -4.40. The number of alkyl halides is 6. The number of hydrogen-bond donors (Lipinski definition) is 3. The third-order valence-electron chi connectivity index (χ3n) is 9.04. The number of nitriles is 2. The topological polar surface area (TPSA) is 140 Å². The molecule has 328 valence electrons. The Hall–Kier alpha value is -6.82. The standard InChI is InChI=1S/C23H20F3N3O2.C22H21F3N2O2.CBrN/c1-29(15-27)13-3-12-28-22(30)17-6-11-20-16(14-17)4-2-5-21(20)31-19-9-7-18(8-10-19)23(24,25)26;1-26-12-3-13-27-21(28)16-6-11-19-15(14-16)4-2-5-20(19)29-18-9-7-17(8-10-18)22(23,24)25;2-1-3/h2,4-11,14H,3,12-13H2,1H3,(H,28,30);2,4-11,14,26H,3,12-13H2,1H3,(H,27,28);. The number of carbonyl (C=O) groups is 2. The van der Waals surface area contributed by atoms with E-state index < -0.39 is 23.5 Å². The van der Waals surface area contributed by atoms with Crippen LogP contribution in [0.1, 0.15) is 44.7 Å². The van der Waals surface area contributed by atoms with E-state index in [1.165, 1.54) is 29.2 Å². The normalized spacial score (nSPS) is 10.8. The van der Waals surface area contributed by atoms with Gasteiger partial charge >= 0.3 is 12.4 Å². The van der Waals surface area contributed by atoms with Crippen molar-refractivity contribution in [2.24, 2.45) is 0 Å². The predicted molar refractivity (Wildman–Crippen MR) is 232 cm³/mol. The molecule has 0 unspecified atom stereocenters. The van der Waals surface area contributed by atoms with Crippen molar-refractivity contribution in [3.63, 3.8) is 0 Å². The number of rotatable bonds is 14. The quantitative estimate of drug-likeness (QED) is 0.0425. The fourth-order valence-electron chi connectivity index (χ4n) is 5.89. The Labute approximate surface area is 368 Å². The zero-order valence-electron chi connectivity index (χ0n) is 33.9. The summed E-state index contributed by atoms with van der Waals surface area (Å²) in [5.41, 5.74) is -0.456. The van der Waals surface area contributed by atoms with E-state index in [1.54, 1.807) is 72.7 Å². The third-order valence-corrected chi connectivity index (χ3v) is 9.04. The van der Waals surface area contributed by atoms with Gasteiger partial charge in [0.2, 0.25) is 0 Å². The first-order valence-corrected chi connectivity index (χ1v) is 19.9. The minimum absolute atomic E-state index is 0.155. The summed E-state index contributed by atoms with van der Waals surface area (Å²) in [7, 11) is 3.53. The van der Waals surface area contributed by atoms with Gasteiger partial charge in [-0.1, -0.05) is 24.3 Å². The highest BCUT2D eigenvalue weighted by Gasteiger charge is 2.31. The van der Waals surface area contributed by atoms with Gasteiger partial charge in [0.25, 0.3) is 11.8 Å². The fourth-order valence-corrected chi connectivity index (χ4v) is 5.89. The second-order valence-electron chi connectivity index (χ2n) is 13.6. The average Bonchev–Trinajstić information content (AvgIpc) is 3.26. The van der Waals surface area contributed by atoms with Crippen molar-refractivity contribution in [3.8, 4) is 34.2 Å². The number of fused-ring (bicyclic) bond motifs is 2. The summed E-state index contributed by atoms with van der Waals surface area (Å²) < 4.78 is 87.8. The van der Waals surface area contributed by atoms with Crippen LogP contribution in [0, 0.1) is 21.7 Å². The Kier molecular flexibility index (Phi) is 18.1. The van der Waals surface area contributed by atoms with Crippen LogP contribution < -0.4 is 25.4 Å². The Bertz CT molecular complexity index is 2540. The molecule has 0 spiro atoms. The first kappa shape index (κ1) is 48.8. The highest BCUT2D eigenvalue weighted by atomic mass is 79.9. The van der Waals surface area contributed by atoms with Crippen molar-refractivity contribution in [1.82, 2.24) is 20.9 Å². The van der Waals surface area contributed by atoms with E-state index in [0.717, 1.165) is 58.8 Å². The lowest BCUT2D eigenvalue weighted by Crippen LogP contribution is -2.26. The van der Waals surface area contributed by atoms with E-state index in [2.05, 4.69) is 31.9 Å². The van der Waals surface area contributed by atoms with Gasteiger partial charge < -0.3 is 30.3 Å². The monoisotopic (exact) mass is 934 g/mol. The molecule has 0 aliphatic rings. The molecule has 0 saturated carbocycles.